The molecule has 4 rings (SSSR count). The standard InChI is InChI=1S/C21H25N3O3.C8H15NO/c1-5-6-14-9-15(8-7-13(14)4)24-20(22-23-21(24)27)17-10-16(12(2)3)18(25)11-19(17)26;1-6(10)7-2-4-8(9)5-3-7/h7-12,25-26H,5-6H2,1-4H3,(H,23,27);7-8H,2-5,9H2,1H3. The number of hydrogen-bond acceptors (Lipinski definition) is 6. The van der Waals surface area contributed by atoms with E-state index in [2.05, 4.69) is 24.0 Å². The highest BCUT2D eigenvalue weighted by atomic mass is 16.3. The fourth-order valence-corrected chi connectivity index (χ4v) is 4.81. The molecule has 2 aromatic carbocycles. The lowest BCUT2D eigenvalue weighted by Crippen LogP contribution is -2.28. The molecule has 0 spiro atoms. The van der Waals surface area contributed by atoms with Crippen molar-refractivity contribution in [2.45, 2.75) is 85.1 Å². The number of aromatic hydroxyl groups is 2. The first kappa shape index (κ1) is 28.2. The number of H-pyrrole nitrogens is 1. The molecule has 1 aromatic heterocycles. The topological polar surface area (TPSA) is 134 Å². The summed E-state index contributed by atoms with van der Waals surface area (Å²) in [5, 5.41) is 27.1. The van der Waals surface area contributed by atoms with Crippen LogP contribution in [0.25, 0.3) is 17.1 Å². The average molecular weight is 509 g/mol. The second-order valence-electron chi connectivity index (χ2n) is 10.4. The van der Waals surface area contributed by atoms with Crippen molar-refractivity contribution in [1.82, 2.24) is 14.8 Å². The lowest BCUT2D eigenvalue weighted by Gasteiger charge is -2.23. The maximum Gasteiger partial charge on any atom is 0.348 e. The van der Waals surface area contributed by atoms with Crippen LogP contribution in [-0.2, 0) is 11.2 Å². The van der Waals surface area contributed by atoms with Crippen LogP contribution in [0.15, 0.2) is 35.1 Å². The number of aromatic nitrogens is 3. The van der Waals surface area contributed by atoms with E-state index in [4.69, 9.17) is 5.73 Å². The number of ketones is 1. The highest BCUT2D eigenvalue weighted by molar-refractivity contribution is 5.78. The SMILES string of the molecule is CC(=O)C1CCC(N)CC1.CCCc1cc(-n2c(-c3cc(C(C)C)c(O)cc3O)n[nH]c2=O)ccc1C. The highest BCUT2D eigenvalue weighted by Crippen LogP contribution is 2.37. The second-order valence-corrected chi connectivity index (χ2v) is 10.4. The van der Waals surface area contributed by atoms with Crippen LogP contribution >= 0.6 is 0 Å². The fourth-order valence-electron chi connectivity index (χ4n) is 4.81. The van der Waals surface area contributed by atoms with Crippen molar-refractivity contribution in [3.05, 3.63) is 57.5 Å². The Labute approximate surface area is 218 Å². The van der Waals surface area contributed by atoms with E-state index in [-0.39, 0.29) is 23.1 Å². The molecule has 8 heteroatoms. The molecule has 0 bridgehead atoms. The van der Waals surface area contributed by atoms with E-state index in [9.17, 15) is 19.8 Å². The lowest BCUT2D eigenvalue weighted by atomic mass is 9.84. The summed E-state index contributed by atoms with van der Waals surface area (Å²) in [5.74, 6) is 0.922. The number of hydrogen-bond donors (Lipinski definition) is 4. The van der Waals surface area contributed by atoms with Gasteiger partial charge in [0.05, 0.1) is 11.3 Å². The quantitative estimate of drug-likeness (QED) is 0.365. The number of aryl methyl sites for hydroxylation is 2. The summed E-state index contributed by atoms with van der Waals surface area (Å²) in [5.41, 5.74) is 9.42. The molecule has 1 aliphatic rings. The van der Waals surface area contributed by atoms with Gasteiger partial charge in [-0.2, -0.15) is 5.10 Å². The van der Waals surface area contributed by atoms with E-state index in [1.165, 1.54) is 21.8 Å². The Hall–Kier alpha value is -3.39. The monoisotopic (exact) mass is 508 g/mol. The van der Waals surface area contributed by atoms with Gasteiger partial charge in [0.2, 0.25) is 0 Å². The molecule has 1 saturated carbocycles. The van der Waals surface area contributed by atoms with Crippen molar-refractivity contribution < 1.29 is 15.0 Å². The van der Waals surface area contributed by atoms with Gasteiger partial charge < -0.3 is 15.9 Å². The molecular weight excluding hydrogens is 468 g/mol. The van der Waals surface area contributed by atoms with Crippen LogP contribution in [0, 0.1) is 12.8 Å². The smallest absolute Gasteiger partial charge is 0.348 e. The Balaban J connectivity index is 0.000000319. The van der Waals surface area contributed by atoms with Crippen LogP contribution in [0.2, 0.25) is 0 Å². The summed E-state index contributed by atoms with van der Waals surface area (Å²) in [4.78, 5) is 23.3. The number of phenols is 2. The molecule has 3 aromatic rings. The average Bonchev–Trinajstić information content (AvgIpc) is 3.22. The van der Waals surface area contributed by atoms with Crippen molar-refractivity contribution in [2.75, 3.05) is 0 Å². The molecule has 1 aliphatic carbocycles. The molecule has 0 unspecified atom stereocenters. The minimum Gasteiger partial charge on any atom is -0.508 e. The molecule has 200 valence electrons. The molecule has 8 nitrogen and oxygen atoms in total. The number of aromatic amines is 1. The highest BCUT2D eigenvalue weighted by Gasteiger charge is 2.21. The van der Waals surface area contributed by atoms with Crippen LogP contribution in [0.5, 0.6) is 11.5 Å². The second kappa shape index (κ2) is 12.2. The first-order valence-corrected chi connectivity index (χ1v) is 13.1. The summed E-state index contributed by atoms with van der Waals surface area (Å²) < 4.78 is 1.45. The van der Waals surface area contributed by atoms with Crippen molar-refractivity contribution in [1.29, 1.82) is 0 Å². The first-order valence-electron chi connectivity index (χ1n) is 13.1. The summed E-state index contributed by atoms with van der Waals surface area (Å²) in [6.07, 6.45) is 6.01. The molecule has 0 amide bonds. The van der Waals surface area contributed by atoms with Crippen LogP contribution in [0.4, 0.5) is 0 Å². The number of nitrogens with zero attached hydrogens (tertiary/aromatic N) is 2. The predicted molar refractivity (Wildman–Crippen MR) is 146 cm³/mol. The zero-order chi connectivity index (χ0) is 27.3. The van der Waals surface area contributed by atoms with Gasteiger partial charge in [0, 0.05) is 18.0 Å². The van der Waals surface area contributed by atoms with Gasteiger partial charge in [-0.15, -0.1) is 0 Å². The van der Waals surface area contributed by atoms with Gasteiger partial charge in [-0.05, 0) is 86.8 Å². The van der Waals surface area contributed by atoms with Gasteiger partial charge in [-0.25, -0.2) is 14.5 Å². The molecule has 5 N–H and O–H groups in total. The normalized spacial score (nSPS) is 17.4. The van der Waals surface area contributed by atoms with Crippen LogP contribution in [0.1, 0.15) is 82.4 Å². The molecule has 0 radical (unpaired) electrons. The zero-order valence-corrected chi connectivity index (χ0v) is 22.5. The Morgan fingerprint density at radius 3 is 2.41 bits per heavy atom. The summed E-state index contributed by atoms with van der Waals surface area (Å²) in [6, 6.07) is 9.18. The van der Waals surface area contributed by atoms with E-state index in [1.54, 1.807) is 13.0 Å². The Kier molecular flexibility index (Phi) is 9.32. The molecule has 0 aliphatic heterocycles. The van der Waals surface area contributed by atoms with Crippen LogP contribution < -0.4 is 11.4 Å². The van der Waals surface area contributed by atoms with E-state index in [0.29, 0.717) is 40.4 Å². The largest absolute Gasteiger partial charge is 0.508 e. The summed E-state index contributed by atoms with van der Waals surface area (Å²) >= 11 is 0. The Bertz CT molecular complexity index is 1280. The maximum absolute atomic E-state index is 12.5. The molecule has 1 heterocycles. The van der Waals surface area contributed by atoms with Crippen molar-refractivity contribution >= 4 is 5.78 Å². The Morgan fingerprint density at radius 1 is 1.14 bits per heavy atom. The van der Waals surface area contributed by atoms with Gasteiger partial charge in [-0.3, -0.25) is 4.79 Å². The number of nitrogens with two attached hydrogens (primary N) is 1. The van der Waals surface area contributed by atoms with Crippen molar-refractivity contribution in [2.24, 2.45) is 11.7 Å². The summed E-state index contributed by atoms with van der Waals surface area (Å²) in [6.45, 7) is 9.74. The molecule has 0 atom stereocenters. The van der Waals surface area contributed by atoms with E-state index in [1.807, 2.05) is 32.0 Å². The van der Waals surface area contributed by atoms with Crippen molar-refractivity contribution in [3.8, 4) is 28.6 Å². The zero-order valence-electron chi connectivity index (χ0n) is 22.5. The van der Waals surface area contributed by atoms with Gasteiger partial charge in [0.15, 0.2) is 5.82 Å². The summed E-state index contributed by atoms with van der Waals surface area (Å²) in [7, 11) is 0. The third-order valence-electron chi connectivity index (χ3n) is 7.14. The van der Waals surface area contributed by atoms with Gasteiger partial charge >= 0.3 is 5.69 Å². The van der Waals surface area contributed by atoms with E-state index >= 15 is 0 Å². The fraction of sp³-hybridized carbons (Fsp3) is 0.483. The number of carbonyl (C=O) groups excluding carboxylic acids is 1. The molecule has 37 heavy (non-hydrogen) atoms. The lowest BCUT2D eigenvalue weighted by molar-refractivity contribution is -0.121. The van der Waals surface area contributed by atoms with E-state index in [0.717, 1.165) is 38.5 Å². The Morgan fingerprint density at radius 2 is 1.81 bits per heavy atom. The number of phenolic OH excluding ortho intramolecular Hbond substituents is 2. The number of benzene rings is 2. The third kappa shape index (κ3) is 6.68. The number of nitrogens with one attached hydrogen (secondary N) is 1. The molecule has 1 fully saturated rings. The minimum atomic E-state index is -0.380. The van der Waals surface area contributed by atoms with Gasteiger partial charge in [-0.1, -0.05) is 33.3 Å². The first-order chi connectivity index (χ1) is 17.5. The van der Waals surface area contributed by atoms with Crippen molar-refractivity contribution in [3.63, 3.8) is 0 Å². The van der Waals surface area contributed by atoms with Crippen LogP contribution in [-0.4, -0.2) is 36.8 Å². The minimum absolute atomic E-state index is 0.0243. The van der Waals surface area contributed by atoms with Gasteiger partial charge in [0.25, 0.3) is 0 Å². The van der Waals surface area contributed by atoms with Gasteiger partial charge in [0.1, 0.15) is 17.3 Å². The molecule has 0 saturated heterocycles. The maximum atomic E-state index is 12.5. The van der Waals surface area contributed by atoms with E-state index < -0.39 is 0 Å². The third-order valence-corrected chi connectivity index (χ3v) is 7.14. The molecular formula is C29H40N4O4. The number of carbonyl (C=O) groups is 1. The predicted octanol–water partition coefficient (Wildman–Crippen LogP) is 5.12. The van der Waals surface area contributed by atoms with Crippen LogP contribution in [0.3, 0.4) is 0 Å². The number of rotatable bonds is 6. The number of Topliss-reactive ketones (excluding diaryl/α,β-unsaturated/α-hetero) is 1.